The van der Waals surface area contributed by atoms with E-state index in [4.69, 9.17) is 11.6 Å². The Bertz CT molecular complexity index is 1080. The Balaban J connectivity index is 1.72. The molecule has 0 spiro atoms. The average molecular weight is 390 g/mol. The minimum Gasteiger partial charge on any atom is -0.342 e. The lowest BCUT2D eigenvalue weighted by atomic mass is 10.1. The van der Waals surface area contributed by atoms with Gasteiger partial charge in [0.1, 0.15) is 11.6 Å². The van der Waals surface area contributed by atoms with Gasteiger partial charge in [0.05, 0.1) is 0 Å². The molecule has 2 aromatic carbocycles. The number of aromatic nitrogens is 1. The summed E-state index contributed by atoms with van der Waals surface area (Å²) in [4.78, 5) is 14.4. The topological polar surface area (TPSA) is 49.0 Å². The fraction of sp³-hybridized carbons (Fsp3) is 0.217. The first-order valence-electron chi connectivity index (χ1n) is 9.39. The summed E-state index contributed by atoms with van der Waals surface area (Å²) in [7, 11) is 0. The summed E-state index contributed by atoms with van der Waals surface area (Å²) < 4.78 is 2.14. The van der Waals surface area contributed by atoms with Crippen LogP contribution in [0.4, 0.5) is 0 Å². The maximum atomic E-state index is 12.7. The SMILES string of the molecule is N#C/C(=C\c1cn(Cc2ccc(Cl)cc2)c2ccccc12)C(=O)N1CCCC1. The maximum Gasteiger partial charge on any atom is 0.264 e. The van der Waals surface area contributed by atoms with Gasteiger partial charge in [0.2, 0.25) is 0 Å². The fourth-order valence-electron chi connectivity index (χ4n) is 3.70. The minimum atomic E-state index is -0.172. The number of nitrogens with zero attached hydrogens (tertiary/aromatic N) is 3. The fourth-order valence-corrected chi connectivity index (χ4v) is 3.82. The Kier molecular flexibility index (Phi) is 5.18. The molecule has 1 amide bonds. The predicted molar refractivity (Wildman–Crippen MR) is 112 cm³/mol. The zero-order chi connectivity index (χ0) is 19.5. The van der Waals surface area contributed by atoms with Gasteiger partial charge >= 0.3 is 0 Å². The van der Waals surface area contributed by atoms with Gasteiger partial charge in [-0.25, -0.2) is 0 Å². The minimum absolute atomic E-state index is 0.172. The molecule has 0 radical (unpaired) electrons. The Hall–Kier alpha value is -3.03. The molecule has 3 aromatic rings. The van der Waals surface area contributed by atoms with Gasteiger partial charge in [-0.3, -0.25) is 4.79 Å². The van der Waals surface area contributed by atoms with Crippen LogP contribution in [0.15, 0.2) is 60.3 Å². The quantitative estimate of drug-likeness (QED) is 0.472. The molecule has 2 heterocycles. The molecular formula is C23H20ClN3O. The van der Waals surface area contributed by atoms with Crippen molar-refractivity contribution in [1.82, 2.24) is 9.47 Å². The van der Waals surface area contributed by atoms with Gasteiger partial charge in [0, 0.05) is 47.3 Å². The second-order valence-electron chi connectivity index (χ2n) is 7.03. The highest BCUT2D eigenvalue weighted by atomic mass is 35.5. The lowest BCUT2D eigenvalue weighted by Crippen LogP contribution is -2.28. The number of para-hydroxylation sites is 1. The van der Waals surface area contributed by atoms with E-state index in [2.05, 4.69) is 16.7 Å². The van der Waals surface area contributed by atoms with Crippen LogP contribution in [0.3, 0.4) is 0 Å². The van der Waals surface area contributed by atoms with Crippen molar-refractivity contribution in [2.24, 2.45) is 0 Å². The molecule has 1 aliphatic rings. The third kappa shape index (κ3) is 3.67. The van der Waals surface area contributed by atoms with Crippen LogP contribution in [0.2, 0.25) is 5.02 Å². The van der Waals surface area contributed by atoms with Crippen LogP contribution in [0.1, 0.15) is 24.0 Å². The van der Waals surface area contributed by atoms with E-state index in [-0.39, 0.29) is 11.5 Å². The molecule has 1 aromatic heterocycles. The average Bonchev–Trinajstić information content (AvgIpc) is 3.37. The largest absolute Gasteiger partial charge is 0.342 e. The molecule has 0 saturated carbocycles. The van der Waals surface area contributed by atoms with Gasteiger partial charge in [-0.1, -0.05) is 41.9 Å². The van der Waals surface area contributed by atoms with Crippen LogP contribution in [0, 0.1) is 11.3 Å². The molecule has 28 heavy (non-hydrogen) atoms. The molecule has 0 unspecified atom stereocenters. The van der Waals surface area contributed by atoms with Crippen LogP contribution in [0.25, 0.3) is 17.0 Å². The summed E-state index contributed by atoms with van der Waals surface area (Å²) in [6, 6.07) is 17.9. The van der Waals surface area contributed by atoms with Crippen LogP contribution in [0.5, 0.6) is 0 Å². The van der Waals surface area contributed by atoms with Gasteiger partial charge < -0.3 is 9.47 Å². The van der Waals surface area contributed by atoms with Gasteiger partial charge in [-0.2, -0.15) is 5.26 Å². The van der Waals surface area contributed by atoms with E-state index in [0.29, 0.717) is 11.6 Å². The van der Waals surface area contributed by atoms with E-state index >= 15 is 0 Å². The summed E-state index contributed by atoms with van der Waals surface area (Å²) in [6.45, 7) is 2.15. The van der Waals surface area contributed by atoms with Crippen LogP contribution in [-0.2, 0) is 11.3 Å². The number of hydrogen-bond donors (Lipinski definition) is 0. The van der Waals surface area contributed by atoms with Gasteiger partial charge in [0.15, 0.2) is 0 Å². The molecule has 140 valence electrons. The molecule has 0 bridgehead atoms. The molecule has 4 rings (SSSR count). The standard InChI is InChI=1S/C23H20ClN3O/c24-20-9-7-17(8-10-20)15-27-16-19(21-5-1-2-6-22(21)27)13-18(14-25)23(28)26-11-3-4-12-26/h1-2,5-10,13,16H,3-4,11-12,15H2/b18-13+. The highest BCUT2D eigenvalue weighted by Gasteiger charge is 2.22. The van der Waals surface area contributed by atoms with Crippen molar-refractivity contribution in [2.75, 3.05) is 13.1 Å². The van der Waals surface area contributed by atoms with E-state index in [1.165, 1.54) is 0 Å². The van der Waals surface area contributed by atoms with E-state index in [0.717, 1.165) is 48.0 Å². The van der Waals surface area contributed by atoms with Crippen LogP contribution < -0.4 is 0 Å². The number of likely N-dealkylation sites (tertiary alicyclic amines) is 1. The number of amides is 1. The molecule has 1 aliphatic heterocycles. The van der Waals surface area contributed by atoms with Crippen molar-refractivity contribution in [2.45, 2.75) is 19.4 Å². The lowest BCUT2D eigenvalue weighted by molar-refractivity contribution is -0.125. The van der Waals surface area contributed by atoms with Crippen molar-refractivity contribution in [3.05, 3.63) is 76.5 Å². The summed E-state index contributed by atoms with van der Waals surface area (Å²) >= 11 is 5.99. The molecule has 0 aliphatic carbocycles. The predicted octanol–water partition coefficient (Wildman–Crippen LogP) is 4.87. The first-order chi connectivity index (χ1) is 13.7. The summed E-state index contributed by atoms with van der Waals surface area (Å²) in [5, 5.41) is 11.3. The van der Waals surface area contributed by atoms with Crippen molar-refractivity contribution < 1.29 is 4.79 Å². The molecule has 5 heteroatoms. The summed E-state index contributed by atoms with van der Waals surface area (Å²) in [6.07, 6.45) is 5.74. The van der Waals surface area contributed by atoms with Gasteiger partial charge in [0.25, 0.3) is 5.91 Å². The van der Waals surface area contributed by atoms with E-state index in [1.807, 2.05) is 48.7 Å². The zero-order valence-corrected chi connectivity index (χ0v) is 16.2. The van der Waals surface area contributed by atoms with Crippen LogP contribution >= 0.6 is 11.6 Å². The zero-order valence-electron chi connectivity index (χ0n) is 15.4. The van der Waals surface area contributed by atoms with Crippen LogP contribution in [-0.4, -0.2) is 28.5 Å². The number of benzene rings is 2. The summed E-state index contributed by atoms with van der Waals surface area (Å²) in [5.74, 6) is -0.172. The highest BCUT2D eigenvalue weighted by molar-refractivity contribution is 6.30. The smallest absolute Gasteiger partial charge is 0.264 e. The van der Waals surface area contributed by atoms with E-state index in [9.17, 15) is 10.1 Å². The number of carbonyl (C=O) groups is 1. The van der Waals surface area contributed by atoms with Gasteiger partial charge in [-0.15, -0.1) is 0 Å². The molecule has 4 nitrogen and oxygen atoms in total. The Morgan fingerprint density at radius 2 is 1.82 bits per heavy atom. The summed E-state index contributed by atoms with van der Waals surface area (Å²) in [5.41, 5.74) is 3.27. The Morgan fingerprint density at radius 3 is 2.54 bits per heavy atom. The van der Waals surface area contributed by atoms with E-state index in [1.54, 1.807) is 11.0 Å². The van der Waals surface area contributed by atoms with Crippen molar-refractivity contribution in [3.63, 3.8) is 0 Å². The monoisotopic (exact) mass is 389 g/mol. The third-order valence-corrected chi connectivity index (χ3v) is 5.38. The lowest BCUT2D eigenvalue weighted by Gasteiger charge is -2.13. The number of hydrogen-bond acceptors (Lipinski definition) is 2. The third-order valence-electron chi connectivity index (χ3n) is 5.13. The van der Waals surface area contributed by atoms with Gasteiger partial charge in [-0.05, 0) is 42.7 Å². The first-order valence-corrected chi connectivity index (χ1v) is 9.77. The van der Waals surface area contributed by atoms with Crippen molar-refractivity contribution in [1.29, 1.82) is 5.26 Å². The molecule has 1 saturated heterocycles. The second kappa shape index (κ2) is 7.92. The van der Waals surface area contributed by atoms with Crippen molar-refractivity contribution in [3.8, 4) is 6.07 Å². The first kappa shape index (κ1) is 18.3. The number of carbonyl (C=O) groups excluding carboxylic acids is 1. The maximum absolute atomic E-state index is 12.7. The molecule has 0 atom stereocenters. The normalized spacial score (nSPS) is 14.4. The highest BCUT2D eigenvalue weighted by Crippen LogP contribution is 2.25. The number of rotatable bonds is 4. The Labute approximate surface area is 169 Å². The molecule has 1 fully saturated rings. The van der Waals surface area contributed by atoms with E-state index < -0.39 is 0 Å². The number of fused-ring (bicyclic) bond motifs is 1. The van der Waals surface area contributed by atoms with Crippen molar-refractivity contribution >= 4 is 34.5 Å². The number of nitriles is 1. The second-order valence-corrected chi connectivity index (χ2v) is 7.46. The molecular weight excluding hydrogens is 370 g/mol. The number of halogens is 1. The Morgan fingerprint density at radius 1 is 1.11 bits per heavy atom. The molecule has 0 N–H and O–H groups in total.